The number of anilines is 1. The Labute approximate surface area is 140 Å². The Kier molecular flexibility index (Phi) is 6.60. The molecule has 0 fully saturated rings. The summed E-state index contributed by atoms with van der Waals surface area (Å²) in [6.45, 7) is 9.71. The standard InChI is InChI=1S/C20H29N3/c1-20(2,3)18-11-9-17(10-12-18)16-21-13-6-7-15-23-19-8-4-5-14-22-19/h4-5,8-12,14,21H,6-7,13,15-16H2,1-3H3,(H,22,23). The molecule has 2 rings (SSSR count). The van der Waals surface area contributed by atoms with Crippen LogP contribution >= 0.6 is 0 Å². The van der Waals surface area contributed by atoms with Crippen LogP contribution in [0.25, 0.3) is 0 Å². The maximum atomic E-state index is 4.25. The molecule has 0 aliphatic carbocycles. The smallest absolute Gasteiger partial charge is 0.125 e. The van der Waals surface area contributed by atoms with Gasteiger partial charge in [-0.2, -0.15) is 0 Å². The molecule has 0 radical (unpaired) electrons. The number of aromatic nitrogens is 1. The van der Waals surface area contributed by atoms with Crippen molar-refractivity contribution in [2.24, 2.45) is 0 Å². The third kappa shape index (κ3) is 6.41. The fraction of sp³-hybridized carbons (Fsp3) is 0.450. The molecule has 1 aromatic carbocycles. The van der Waals surface area contributed by atoms with Crippen molar-refractivity contribution in [2.45, 2.75) is 45.6 Å². The lowest BCUT2D eigenvalue weighted by molar-refractivity contribution is 0.589. The van der Waals surface area contributed by atoms with E-state index in [-0.39, 0.29) is 5.41 Å². The highest BCUT2D eigenvalue weighted by molar-refractivity contribution is 5.32. The van der Waals surface area contributed by atoms with E-state index in [9.17, 15) is 0 Å². The minimum absolute atomic E-state index is 0.229. The van der Waals surface area contributed by atoms with Crippen LogP contribution in [0.5, 0.6) is 0 Å². The normalized spacial score (nSPS) is 11.4. The summed E-state index contributed by atoms with van der Waals surface area (Å²) in [5, 5.41) is 6.85. The number of nitrogens with one attached hydrogen (secondary N) is 2. The van der Waals surface area contributed by atoms with Gasteiger partial charge in [0.15, 0.2) is 0 Å². The van der Waals surface area contributed by atoms with E-state index in [1.807, 2.05) is 24.4 Å². The quantitative estimate of drug-likeness (QED) is 0.711. The lowest BCUT2D eigenvalue weighted by Gasteiger charge is -2.19. The number of benzene rings is 1. The van der Waals surface area contributed by atoms with Gasteiger partial charge in [-0.15, -0.1) is 0 Å². The van der Waals surface area contributed by atoms with Gasteiger partial charge in [-0.3, -0.25) is 0 Å². The van der Waals surface area contributed by atoms with Gasteiger partial charge in [0, 0.05) is 19.3 Å². The largest absolute Gasteiger partial charge is 0.370 e. The molecule has 23 heavy (non-hydrogen) atoms. The lowest BCUT2D eigenvalue weighted by Crippen LogP contribution is -2.16. The highest BCUT2D eigenvalue weighted by Gasteiger charge is 2.12. The molecule has 0 bridgehead atoms. The topological polar surface area (TPSA) is 37.0 Å². The molecule has 0 atom stereocenters. The molecule has 0 aliphatic rings. The first kappa shape index (κ1) is 17.5. The second-order valence-corrected chi connectivity index (χ2v) is 6.97. The molecule has 1 aromatic heterocycles. The maximum Gasteiger partial charge on any atom is 0.125 e. The van der Waals surface area contributed by atoms with Gasteiger partial charge in [-0.05, 0) is 48.1 Å². The Morgan fingerprint density at radius 3 is 2.30 bits per heavy atom. The highest BCUT2D eigenvalue weighted by Crippen LogP contribution is 2.22. The Morgan fingerprint density at radius 1 is 0.913 bits per heavy atom. The fourth-order valence-electron chi connectivity index (χ4n) is 2.41. The molecule has 0 spiro atoms. The van der Waals surface area contributed by atoms with Gasteiger partial charge >= 0.3 is 0 Å². The molecular formula is C20H29N3. The van der Waals surface area contributed by atoms with Crippen LogP contribution in [0.1, 0.15) is 44.7 Å². The molecule has 2 aromatic rings. The van der Waals surface area contributed by atoms with Crippen molar-refractivity contribution in [1.29, 1.82) is 0 Å². The molecule has 3 heteroatoms. The van der Waals surface area contributed by atoms with Crippen LogP contribution in [0.15, 0.2) is 48.7 Å². The first-order chi connectivity index (χ1) is 11.1. The van der Waals surface area contributed by atoms with E-state index in [4.69, 9.17) is 0 Å². The zero-order chi connectivity index (χ0) is 16.5. The molecule has 3 nitrogen and oxygen atoms in total. The molecule has 2 N–H and O–H groups in total. The van der Waals surface area contributed by atoms with Gasteiger partial charge in [0.1, 0.15) is 5.82 Å². The lowest BCUT2D eigenvalue weighted by atomic mass is 9.87. The summed E-state index contributed by atoms with van der Waals surface area (Å²) in [5.41, 5.74) is 2.97. The van der Waals surface area contributed by atoms with Crippen LogP contribution in [0.2, 0.25) is 0 Å². The Morgan fingerprint density at radius 2 is 1.65 bits per heavy atom. The molecule has 0 saturated heterocycles. The molecule has 0 unspecified atom stereocenters. The van der Waals surface area contributed by atoms with Crippen LogP contribution in [-0.2, 0) is 12.0 Å². The minimum Gasteiger partial charge on any atom is -0.370 e. The van der Waals surface area contributed by atoms with Crippen LogP contribution in [-0.4, -0.2) is 18.1 Å². The summed E-state index contributed by atoms with van der Waals surface area (Å²) in [6, 6.07) is 14.9. The Bertz CT molecular complexity index is 556. The van der Waals surface area contributed by atoms with E-state index < -0.39 is 0 Å². The van der Waals surface area contributed by atoms with E-state index in [0.717, 1.165) is 31.9 Å². The number of pyridine rings is 1. The van der Waals surface area contributed by atoms with Crippen molar-refractivity contribution in [2.75, 3.05) is 18.4 Å². The number of nitrogens with zero attached hydrogens (tertiary/aromatic N) is 1. The summed E-state index contributed by atoms with van der Waals surface area (Å²) < 4.78 is 0. The first-order valence-electron chi connectivity index (χ1n) is 8.51. The van der Waals surface area contributed by atoms with Gasteiger partial charge < -0.3 is 10.6 Å². The van der Waals surface area contributed by atoms with Gasteiger partial charge in [-0.1, -0.05) is 51.1 Å². The van der Waals surface area contributed by atoms with Gasteiger partial charge in [0.05, 0.1) is 0 Å². The molecule has 124 valence electrons. The minimum atomic E-state index is 0.229. The molecule has 1 heterocycles. The van der Waals surface area contributed by atoms with E-state index in [1.165, 1.54) is 17.5 Å². The Hall–Kier alpha value is -1.87. The molecule has 0 amide bonds. The highest BCUT2D eigenvalue weighted by atomic mass is 15.0. The third-order valence-corrected chi connectivity index (χ3v) is 3.90. The zero-order valence-corrected chi connectivity index (χ0v) is 14.6. The zero-order valence-electron chi connectivity index (χ0n) is 14.6. The number of hydrogen-bond acceptors (Lipinski definition) is 3. The molecule has 0 saturated carbocycles. The van der Waals surface area contributed by atoms with Crippen molar-refractivity contribution < 1.29 is 0 Å². The van der Waals surface area contributed by atoms with Crippen LogP contribution < -0.4 is 10.6 Å². The van der Waals surface area contributed by atoms with Gasteiger partial charge in [-0.25, -0.2) is 4.98 Å². The van der Waals surface area contributed by atoms with Crippen molar-refractivity contribution >= 4 is 5.82 Å². The van der Waals surface area contributed by atoms with E-state index in [2.05, 4.69) is 60.7 Å². The van der Waals surface area contributed by atoms with Gasteiger partial charge in [0.25, 0.3) is 0 Å². The monoisotopic (exact) mass is 311 g/mol. The predicted octanol–water partition coefficient (Wildman–Crippen LogP) is 4.36. The second kappa shape index (κ2) is 8.68. The van der Waals surface area contributed by atoms with E-state index in [0.29, 0.717) is 0 Å². The summed E-state index contributed by atoms with van der Waals surface area (Å²) in [5.74, 6) is 0.958. The summed E-state index contributed by atoms with van der Waals surface area (Å²) >= 11 is 0. The number of unbranched alkanes of at least 4 members (excludes halogenated alkanes) is 1. The van der Waals surface area contributed by atoms with Crippen molar-refractivity contribution in [3.8, 4) is 0 Å². The van der Waals surface area contributed by atoms with Crippen molar-refractivity contribution in [3.63, 3.8) is 0 Å². The summed E-state index contributed by atoms with van der Waals surface area (Å²) in [6.07, 6.45) is 4.13. The molecular weight excluding hydrogens is 282 g/mol. The van der Waals surface area contributed by atoms with Crippen molar-refractivity contribution in [3.05, 3.63) is 59.8 Å². The van der Waals surface area contributed by atoms with E-state index in [1.54, 1.807) is 0 Å². The molecule has 0 aliphatic heterocycles. The fourth-order valence-corrected chi connectivity index (χ4v) is 2.41. The Balaban J connectivity index is 1.57. The van der Waals surface area contributed by atoms with Crippen LogP contribution in [0, 0.1) is 0 Å². The van der Waals surface area contributed by atoms with Gasteiger partial charge in [0.2, 0.25) is 0 Å². The van der Waals surface area contributed by atoms with E-state index >= 15 is 0 Å². The van der Waals surface area contributed by atoms with Crippen molar-refractivity contribution in [1.82, 2.24) is 10.3 Å². The predicted molar refractivity (Wildman–Crippen MR) is 98.8 cm³/mol. The summed E-state index contributed by atoms with van der Waals surface area (Å²) in [7, 11) is 0. The summed E-state index contributed by atoms with van der Waals surface area (Å²) in [4.78, 5) is 4.25. The second-order valence-electron chi connectivity index (χ2n) is 6.97. The number of rotatable bonds is 8. The SMILES string of the molecule is CC(C)(C)c1ccc(CNCCCCNc2ccccn2)cc1. The number of hydrogen-bond donors (Lipinski definition) is 2. The average molecular weight is 311 g/mol. The van der Waals surface area contributed by atoms with Crippen LogP contribution in [0.3, 0.4) is 0 Å². The average Bonchev–Trinajstić information content (AvgIpc) is 2.54. The third-order valence-electron chi connectivity index (χ3n) is 3.90. The maximum absolute atomic E-state index is 4.25. The van der Waals surface area contributed by atoms with Crippen LogP contribution in [0.4, 0.5) is 5.82 Å². The first-order valence-corrected chi connectivity index (χ1v) is 8.51.